The van der Waals surface area contributed by atoms with Crippen molar-refractivity contribution in [2.24, 2.45) is 0 Å². The van der Waals surface area contributed by atoms with Crippen LogP contribution in [0.1, 0.15) is 18.9 Å². The minimum atomic E-state index is 0.221. The smallest absolute Gasteiger partial charge is 0.0450 e. The molecular formula is C12H17ClN2. The molecule has 1 aliphatic heterocycles. The van der Waals surface area contributed by atoms with Crippen LogP contribution in [0.3, 0.4) is 0 Å². The van der Waals surface area contributed by atoms with Gasteiger partial charge in [-0.1, -0.05) is 29.8 Å². The van der Waals surface area contributed by atoms with E-state index in [4.69, 9.17) is 11.6 Å². The van der Waals surface area contributed by atoms with Crippen LogP contribution in [0.25, 0.3) is 0 Å². The number of hydrogen-bond donors (Lipinski definition) is 2. The molecule has 1 unspecified atom stereocenters. The molecule has 1 atom stereocenters. The first-order valence-corrected chi connectivity index (χ1v) is 5.77. The Balaban J connectivity index is 1.95. The van der Waals surface area contributed by atoms with E-state index in [9.17, 15) is 0 Å². The Morgan fingerprint density at radius 1 is 1.47 bits per heavy atom. The first-order chi connectivity index (χ1) is 7.20. The number of hydrogen-bond acceptors (Lipinski definition) is 2. The maximum atomic E-state index is 6.10. The normalized spacial score (nSPS) is 25.7. The van der Waals surface area contributed by atoms with Gasteiger partial charge >= 0.3 is 0 Å². The Kier molecular flexibility index (Phi) is 3.29. The van der Waals surface area contributed by atoms with Crippen LogP contribution in [0, 0.1) is 0 Å². The second kappa shape index (κ2) is 4.52. The lowest BCUT2D eigenvalue weighted by Crippen LogP contribution is -2.43. The van der Waals surface area contributed by atoms with E-state index in [1.54, 1.807) is 0 Å². The van der Waals surface area contributed by atoms with Crippen LogP contribution >= 0.6 is 11.6 Å². The lowest BCUT2D eigenvalue weighted by Gasteiger charge is -2.24. The summed E-state index contributed by atoms with van der Waals surface area (Å²) in [5.74, 6) is 0. The first kappa shape index (κ1) is 10.9. The van der Waals surface area contributed by atoms with Crippen molar-refractivity contribution in [3.63, 3.8) is 0 Å². The van der Waals surface area contributed by atoms with Gasteiger partial charge in [-0.3, -0.25) is 0 Å². The van der Waals surface area contributed by atoms with Crippen LogP contribution < -0.4 is 10.6 Å². The monoisotopic (exact) mass is 224 g/mol. The van der Waals surface area contributed by atoms with Crippen LogP contribution in [-0.4, -0.2) is 18.6 Å². The van der Waals surface area contributed by atoms with Crippen molar-refractivity contribution in [2.45, 2.75) is 25.4 Å². The molecule has 0 bridgehead atoms. The van der Waals surface area contributed by atoms with Crippen molar-refractivity contribution in [2.75, 3.05) is 13.1 Å². The van der Waals surface area contributed by atoms with Crippen molar-refractivity contribution in [1.29, 1.82) is 0 Å². The highest BCUT2D eigenvalue weighted by atomic mass is 35.5. The molecule has 15 heavy (non-hydrogen) atoms. The fourth-order valence-corrected chi connectivity index (χ4v) is 2.12. The highest BCUT2D eigenvalue weighted by Gasteiger charge is 2.27. The maximum absolute atomic E-state index is 6.10. The van der Waals surface area contributed by atoms with Crippen molar-refractivity contribution in [1.82, 2.24) is 10.6 Å². The quantitative estimate of drug-likeness (QED) is 0.823. The van der Waals surface area contributed by atoms with Gasteiger partial charge < -0.3 is 10.6 Å². The maximum Gasteiger partial charge on any atom is 0.0450 e. The van der Waals surface area contributed by atoms with Gasteiger partial charge in [0, 0.05) is 23.7 Å². The Hall–Kier alpha value is -0.570. The second-order valence-corrected chi connectivity index (χ2v) is 4.84. The average Bonchev–Trinajstić information content (AvgIpc) is 2.65. The third kappa shape index (κ3) is 2.71. The second-order valence-electron chi connectivity index (χ2n) is 4.43. The van der Waals surface area contributed by atoms with Gasteiger partial charge in [0.05, 0.1) is 0 Å². The molecule has 0 radical (unpaired) electrons. The Labute approximate surface area is 96.0 Å². The molecule has 82 valence electrons. The zero-order valence-electron chi connectivity index (χ0n) is 9.02. The summed E-state index contributed by atoms with van der Waals surface area (Å²) in [6.07, 6.45) is 1.18. The van der Waals surface area contributed by atoms with Crippen molar-refractivity contribution in [3.8, 4) is 0 Å². The molecule has 0 spiro atoms. The highest BCUT2D eigenvalue weighted by molar-refractivity contribution is 6.31. The summed E-state index contributed by atoms with van der Waals surface area (Å²) in [5.41, 5.74) is 1.39. The molecule has 1 heterocycles. The molecule has 3 heteroatoms. The lowest BCUT2D eigenvalue weighted by molar-refractivity contribution is 0.386. The molecule has 1 saturated heterocycles. The van der Waals surface area contributed by atoms with Gasteiger partial charge in [-0.25, -0.2) is 0 Å². The van der Waals surface area contributed by atoms with E-state index in [0.29, 0.717) is 0 Å². The molecule has 1 aromatic rings. The number of nitrogens with one attached hydrogen (secondary N) is 2. The fourth-order valence-electron chi connectivity index (χ4n) is 1.92. The van der Waals surface area contributed by atoms with Gasteiger partial charge in [0.25, 0.3) is 0 Å². The number of halogens is 1. The third-order valence-corrected chi connectivity index (χ3v) is 3.40. The van der Waals surface area contributed by atoms with E-state index in [0.717, 1.165) is 24.7 Å². The minimum absolute atomic E-state index is 0.221. The Bertz CT molecular complexity index is 332. The van der Waals surface area contributed by atoms with E-state index in [1.807, 2.05) is 18.2 Å². The van der Waals surface area contributed by atoms with Gasteiger partial charge in [-0.15, -0.1) is 0 Å². The summed E-state index contributed by atoms with van der Waals surface area (Å²) in [6.45, 7) is 5.24. The Morgan fingerprint density at radius 2 is 2.27 bits per heavy atom. The molecule has 1 aromatic carbocycles. The summed E-state index contributed by atoms with van der Waals surface area (Å²) < 4.78 is 0. The molecular weight excluding hydrogens is 208 g/mol. The molecule has 1 fully saturated rings. The molecule has 0 aliphatic carbocycles. The van der Waals surface area contributed by atoms with E-state index in [1.165, 1.54) is 12.0 Å². The third-order valence-electron chi connectivity index (χ3n) is 3.03. The van der Waals surface area contributed by atoms with Gasteiger partial charge in [0.2, 0.25) is 0 Å². The van der Waals surface area contributed by atoms with Crippen LogP contribution in [-0.2, 0) is 6.54 Å². The fraction of sp³-hybridized carbons (Fsp3) is 0.500. The first-order valence-electron chi connectivity index (χ1n) is 5.39. The Morgan fingerprint density at radius 3 is 2.93 bits per heavy atom. The molecule has 0 saturated carbocycles. The van der Waals surface area contributed by atoms with E-state index >= 15 is 0 Å². The SMILES string of the molecule is CC1(NCc2ccccc2Cl)CCNC1. The predicted octanol–water partition coefficient (Wildman–Crippen LogP) is 2.18. The van der Waals surface area contributed by atoms with Crippen LogP contribution in [0.5, 0.6) is 0 Å². The predicted molar refractivity (Wildman–Crippen MR) is 64.2 cm³/mol. The summed E-state index contributed by atoms with van der Waals surface area (Å²) in [4.78, 5) is 0. The lowest BCUT2D eigenvalue weighted by atomic mass is 10.0. The van der Waals surface area contributed by atoms with Crippen molar-refractivity contribution < 1.29 is 0 Å². The van der Waals surface area contributed by atoms with E-state index in [2.05, 4.69) is 23.6 Å². The van der Waals surface area contributed by atoms with Crippen LogP contribution in [0.2, 0.25) is 5.02 Å². The largest absolute Gasteiger partial charge is 0.315 e. The zero-order valence-corrected chi connectivity index (χ0v) is 9.77. The molecule has 2 rings (SSSR count). The number of rotatable bonds is 3. The summed E-state index contributed by atoms with van der Waals surface area (Å²) in [6, 6.07) is 8.00. The molecule has 0 aromatic heterocycles. The number of benzene rings is 1. The van der Waals surface area contributed by atoms with Gasteiger partial charge in [0.1, 0.15) is 0 Å². The summed E-state index contributed by atoms with van der Waals surface area (Å²) in [7, 11) is 0. The van der Waals surface area contributed by atoms with E-state index < -0.39 is 0 Å². The van der Waals surface area contributed by atoms with Crippen molar-refractivity contribution >= 4 is 11.6 Å². The average molecular weight is 225 g/mol. The van der Waals surface area contributed by atoms with Crippen LogP contribution in [0.15, 0.2) is 24.3 Å². The van der Waals surface area contributed by atoms with Gasteiger partial charge in [0.15, 0.2) is 0 Å². The van der Waals surface area contributed by atoms with E-state index in [-0.39, 0.29) is 5.54 Å². The summed E-state index contributed by atoms with van der Waals surface area (Å²) >= 11 is 6.10. The molecule has 1 aliphatic rings. The topological polar surface area (TPSA) is 24.1 Å². The molecule has 2 nitrogen and oxygen atoms in total. The van der Waals surface area contributed by atoms with Crippen LogP contribution in [0.4, 0.5) is 0 Å². The molecule has 2 N–H and O–H groups in total. The van der Waals surface area contributed by atoms with Gasteiger partial charge in [-0.2, -0.15) is 0 Å². The molecule has 0 amide bonds. The van der Waals surface area contributed by atoms with Crippen molar-refractivity contribution in [3.05, 3.63) is 34.9 Å². The zero-order chi connectivity index (χ0) is 10.7. The standard InChI is InChI=1S/C12H17ClN2/c1-12(6-7-14-9-12)15-8-10-4-2-3-5-11(10)13/h2-5,14-15H,6-9H2,1H3. The van der Waals surface area contributed by atoms with Gasteiger partial charge in [-0.05, 0) is 31.5 Å². The highest BCUT2D eigenvalue weighted by Crippen LogP contribution is 2.18. The minimum Gasteiger partial charge on any atom is -0.315 e. The summed E-state index contributed by atoms with van der Waals surface area (Å²) in [5, 5.41) is 7.78.